The lowest BCUT2D eigenvalue weighted by Gasteiger charge is -2.31. The zero-order valence-electron chi connectivity index (χ0n) is 32.2. The molecule has 0 saturated heterocycles. The van der Waals surface area contributed by atoms with E-state index >= 15 is 0 Å². The van der Waals surface area contributed by atoms with Gasteiger partial charge in [-0.1, -0.05) is 47.6 Å². The molecule has 2 nitrogen and oxygen atoms in total. The Bertz CT molecular complexity index is 2670. The van der Waals surface area contributed by atoms with E-state index in [-0.39, 0.29) is 10.8 Å². The molecule has 0 bridgehead atoms. The van der Waals surface area contributed by atoms with Crippen LogP contribution in [0.2, 0.25) is 0 Å². The van der Waals surface area contributed by atoms with Crippen molar-refractivity contribution >= 4 is 137 Å². The summed E-state index contributed by atoms with van der Waals surface area (Å²) in [6, 6.07) is 9.80. The van der Waals surface area contributed by atoms with Crippen molar-refractivity contribution in [2.45, 2.75) is 100 Å². The van der Waals surface area contributed by atoms with Crippen LogP contribution < -0.4 is 5.41 Å². The number of thiophene rings is 6. The largest absolute Gasteiger partial charge is 0.252 e. The summed E-state index contributed by atoms with van der Waals surface area (Å²) >= 11 is 16.3. The summed E-state index contributed by atoms with van der Waals surface area (Å²) < 4.78 is 12.9. The van der Waals surface area contributed by atoms with E-state index in [2.05, 4.69) is 123 Å². The lowest BCUT2D eigenvalue weighted by Crippen LogP contribution is -2.48. The molecule has 274 valence electrons. The second kappa shape index (κ2) is 13.7. The van der Waals surface area contributed by atoms with Crippen LogP contribution in [0.15, 0.2) is 46.4 Å². The lowest BCUT2D eigenvalue weighted by molar-refractivity contribution is -0.108. The van der Waals surface area contributed by atoms with E-state index in [1.165, 1.54) is 96.1 Å². The molecule has 9 heteroatoms. The van der Waals surface area contributed by atoms with Crippen LogP contribution in [0, 0.1) is 33.1 Å². The number of allylic oxidation sites excluding steroid dienone is 4. The SMILES string of the molecule is CCC(C)(CC)C1=CC=C(c2cc3sc4c(-c5cc(C)c(C)s5)c5c(sc6cc(C(C)(CC)CC)sc65)c(-c5cc(C)c(C)s5)c4c3s2)C(=[NH2+])/C1=N\S. The van der Waals surface area contributed by atoms with E-state index < -0.39 is 0 Å². The summed E-state index contributed by atoms with van der Waals surface area (Å²) in [5.74, 6) is 0. The fourth-order valence-corrected chi connectivity index (χ4v) is 16.0. The fourth-order valence-electron chi connectivity index (χ4n) is 7.75. The van der Waals surface area contributed by atoms with Gasteiger partial charge in [-0.2, -0.15) is 0 Å². The van der Waals surface area contributed by atoms with E-state index in [4.69, 9.17) is 5.41 Å². The quantitative estimate of drug-likeness (QED) is 0.107. The van der Waals surface area contributed by atoms with Crippen molar-refractivity contribution in [3.8, 4) is 20.9 Å². The average molecular weight is 828 g/mol. The Hall–Kier alpha value is -2.37. The second-order valence-corrected chi connectivity index (χ2v) is 22.2. The number of fused-ring (bicyclic) bond motifs is 6. The van der Waals surface area contributed by atoms with Gasteiger partial charge in [0.15, 0.2) is 0 Å². The van der Waals surface area contributed by atoms with Gasteiger partial charge in [0.05, 0.1) is 15.0 Å². The molecule has 0 amide bonds. The molecule has 1 aliphatic rings. The molecule has 0 saturated carbocycles. The monoisotopic (exact) mass is 827 g/mol. The van der Waals surface area contributed by atoms with Crippen molar-refractivity contribution in [3.63, 3.8) is 0 Å². The first-order valence-electron chi connectivity index (χ1n) is 18.6. The zero-order chi connectivity index (χ0) is 37.7. The van der Waals surface area contributed by atoms with Crippen molar-refractivity contribution in [1.82, 2.24) is 0 Å². The molecule has 0 atom stereocenters. The predicted octanol–water partition coefficient (Wildman–Crippen LogP) is 14.9. The maximum atomic E-state index is 7.03. The molecule has 53 heavy (non-hydrogen) atoms. The van der Waals surface area contributed by atoms with Crippen molar-refractivity contribution < 1.29 is 5.41 Å². The Labute approximate surface area is 343 Å². The molecule has 2 N–H and O–H groups in total. The molecule has 0 aliphatic heterocycles. The third kappa shape index (κ3) is 5.69. The predicted molar refractivity (Wildman–Crippen MR) is 250 cm³/mol. The molecule has 8 rings (SSSR count). The van der Waals surface area contributed by atoms with Crippen LogP contribution >= 0.6 is 80.8 Å². The minimum atomic E-state index is -0.00666. The number of nitrogens with two attached hydrogens (primary N) is 1. The minimum absolute atomic E-state index is 0.00666. The van der Waals surface area contributed by atoms with Crippen LogP contribution in [-0.4, -0.2) is 11.4 Å². The van der Waals surface area contributed by atoms with Gasteiger partial charge in [-0.15, -0.1) is 68.0 Å². The summed E-state index contributed by atoms with van der Waals surface area (Å²) in [6.07, 6.45) is 8.80. The molecular weight excluding hydrogens is 781 g/mol. The van der Waals surface area contributed by atoms with Crippen molar-refractivity contribution in [3.05, 3.63) is 72.6 Å². The molecule has 6 heterocycles. The summed E-state index contributed by atoms with van der Waals surface area (Å²) in [7, 11) is 0. The van der Waals surface area contributed by atoms with Gasteiger partial charge in [0.2, 0.25) is 5.71 Å². The van der Waals surface area contributed by atoms with E-state index in [0.717, 1.165) is 42.7 Å². The smallest absolute Gasteiger partial charge is 0.232 e. The molecule has 1 aliphatic carbocycles. The lowest BCUT2D eigenvalue weighted by atomic mass is 9.72. The Morgan fingerprint density at radius 3 is 1.58 bits per heavy atom. The number of aryl methyl sites for hydroxylation is 4. The Morgan fingerprint density at radius 1 is 0.604 bits per heavy atom. The van der Waals surface area contributed by atoms with Gasteiger partial charge >= 0.3 is 0 Å². The Balaban J connectivity index is 1.47. The molecular formula is C44H47N2S7+. The summed E-state index contributed by atoms with van der Waals surface area (Å²) in [5.41, 5.74) is 9.52. The first-order valence-corrected chi connectivity index (χ1v) is 23.9. The second-order valence-electron chi connectivity index (χ2n) is 15.2. The number of rotatable bonds is 9. The third-order valence-corrected chi connectivity index (χ3v) is 20.2. The Morgan fingerprint density at radius 2 is 1.11 bits per heavy atom. The molecule has 0 radical (unpaired) electrons. The van der Waals surface area contributed by atoms with Crippen LogP contribution in [0.4, 0.5) is 0 Å². The van der Waals surface area contributed by atoms with Crippen LogP contribution in [0.5, 0.6) is 0 Å². The normalized spacial score (nSPS) is 15.3. The molecule has 0 spiro atoms. The van der Waals surface area contributed by atoms with Gasteiger partial charge < -0.3 is 0 Å². The van der Waals surface area contributed by atoms with Gasteiger partial charge in [-0.05, 0) is 119 Å². The van der Waals surface area contributed by atoms with Gasteiger partial charge in [0.1, 0.15) is 5.71 Å². The first kappa shape index (κ1) is 37.5. The van der Waals surface area contributed by atoms with E-state index in [1.807, 2.05) is 68.0 Å². The Kier molecular flexibility index (Phi) is 9.69. The first-order chi connectivity index (χ1) is 25.3. The summed E-state index contributed by atoms with van der Waals surface area (Å²) in [4.78, 5) is 8.24. The molecule has 1 aromatic carbocycles. The van der Waals surface area contributed by atoms with E-state index in [9.17, 15) is 0 Å². The van der Waals surface area contributed by atoms with Crippen LogP contribution in [0.3, 0.4) is 0 Å². The summed E-state index contributed by atoms with van der Waals surface area (Å²) in [5, 5.41) is 9.88. The van der Waals surface area contributed by atoms with Gasteiger partial charge in [0, 0.05) is 75.4 Å². The molecule has 6 aromatic heterocycles. The van der Waals surface area contributed by atoms with E-state index in [0.29, 0.717) is 0 Å². The number of hydrogen-bond acceptors (Lipinski definition) is 8. The van der Waals surface area contributed by atoms with Crippen molar-refractivity contribution in [2.24, 2.45) is 9.81 Å². The number of hydrogen-bond donors (Lipinski definition) is 2. The highest BCUT2D eigenvalue weighted by atomic mass is 32.1. The highest BCUT2D eigenvalue weighted by Gasteiger charge is 2.37. The maximum absolute atomic E-state index is 7.03. The highest BCUT2D eigenvalue weighted by Crippen LogP contribution is 2.59. The van der Waals surface area contributed by atoms with Crippen molar-refractivity contribution in [2.75, 3.05) is 0 Å². The van der Waals surface area contributed by atoms with Crippen LogP contribution in [0.1, 0.15) is 97.9 Å². The van der Waals surface area contributed by atoms with E-state index in [1.54, 1.807) is 0 Å². The number of nitrogens with zero attached hydrogens (tertiary/aromatic N) is 1. The fraction of sp³-hybridized carbons (Fsp3) is 0.364. The highest BCUT2D eigenvalue weighted by molar-refractivity contribution is 7.79. The molecule has 0 fully saturated rings. The van der Waals surface area contributed by atoms with Gasteiger partial charge in [0.25, 0.3) is 0 Å². The molecule has 7 aromatic rings. The third-order valence-electron chi connectivity index (χ3n) is 12.5. The minimum Gasteiger partial charge on any atom is -0.252 e. The average Bonchev–Trinajstić information content (AvgIpc) is 4.00. The zero-order valence-corrected chi connectivity index (χ0v) is 38.0. The van der Waals surface area contributed by atoms with Crippen LogP contribution in [0.25, 0.3) is 65.4 Å². The number of thiol groups is 1. The topological polar surface area (TPSA) is 38.0 Å². The van der Waals surface area contributed by atoms with Gasteiger partial charge in [-0.25, -0.2) is 4.40 Å². The maximum Gasteiger partial charge on any atom is 0.232 e. The van der Waals surface area contributed by atoms with Gasteiger partial charge in [-0.3, -0.25) is 5.41 Å². The standard InChI is InChI=1S/C44H46N2S7/c1-11-43(9,12-2)26-16-15-25(37(45)38(26)46-47)27-19-30-39(50-27)35-33(28-17-21(5)23(7)48-28)42-36(34(41(35)51-30)29-18-22(6)24(8)49-29)40-31(52-42)20-32(53-40)44(10,13-3)14-4/h15-20,45,47H,11-14H2,1-10H3/p+1/b45-37?,46-38-. The number of benzene rings is 1. The summed E-state index contributed by atoms with van der Waals surface area (Å²) in [6.45, 7) is 23.0. The van der Waals surface area contributed by atoms with Crippen molar-refractivity contribution in [1.29, 1.82) is 0 Å². The molecule has 0 unspecified atom stereocenters. The van der Waals surface area contributed by atoms with Crippen LogP contribution in [-0.2, 0) is 5.41 Å².